The minimum Gasteiger partial charge on any atom is -0.384 e. The molecule has 1 N–H and O–H groups in total. The van der Waals surface area contributed by atoms with Crippen molar-refractivity contribution in [2.75, 3.05) is 11.9 Å². The molecule has 1 heteroatoms. The molecule has 1 aliphatic heterocycles. The van der Waals surface area contributed by atoms with Crippen molar-refractivity contribution in [3.63, 3.8) is 0 Å². The van der Waals surface area contributed by atoms with Crippen molar-refractivity contribution >= 4 is 5.69 Å². The molecule has 0 bridgehead atoms. The van der Waals surface area contributed by atoms with Crippen LogP contribution in [0.15, 0.2) is 36.4 Å². The first-order valence-corrected chi connectivity index (χ1v) is 6.18. The highest BCUT2D eigenvalue weighted by atomic mass is 14.9. The summed E-state index contributed by atoms with van der Waals surface area (Å²) in [6, 6.07) is 13.4. The van der Waals surface area contributed by atoms with Crippen molar-refractivity contribution in [1.82, 2.24) is 0 Å². The molecule has 0 aromatic heterocycles. The van der Waals surface area contributed by atoms with Gasteiger partial charge in [0.05, 0.1) is 0 Å². The van der Waals surface area contributed by atoms with Crippen molar-refractivity contribution < 1.29 is 0 Å². The molecule has 86 valence electrons. The predicted molar refractivity (Wildman–Crippen MR) is 73.5 cm³/mol. The van der Waals surface area contributed by atoms with Crippen molar-refractivity contribution in [1.29, 1.82) is 0 Å². The number of aryl methyl sites for hydroxylation is 2. The van der Waals surface area contributed by atoms with Crippen LogP contribution in [0.1, 0.15) is 16.7 Å². The molecule has 0 unspecified atom stereocenters. The number of nitrogens with one attached hydrogen (secondary N) is 1. The zero-order valence-electron chi connectivity index (χ0n) is 10.4. The van der Waals surface area contributed by atoms with Crippen molar-refractivity contribution in [3.05, 3.63) is 53.1 Å². The number of benzene rings is 2. The average Bonchev–Trinajstić information content (AvgIpc) is 2.79. The molecule has 1 heterocycles. The Morgan fingerprint density at radius 3 is 2.47 bits per heavy atom. The van der Waals surface area contributed by atoms with E-state index in [-0.39, 0.29) is 0 Å². The van der Waals surface area contributed by atoms with E-state index in [1.54, 1.807) is 0 Å². The molecular weight excluding hydrogens is 206 g/mol. The summed E-state index contributed by atoms with van der Waals surface area (Å²) >= 11 is 0. The predicted octanol–water partition coefficient (Wildman–Crippen LogP) is 3.94. The summed E-state index contributed by atoms with van der Waals surface area (Å²) < 4.78 is 0. The topological polar surface area (TPSA) is 12.0 Å². The normalized spacial score (nSPS) is 13.3. The number of hydrogen-bond donors (Lipinski definition) is 1. The van der Waals surface area contributed by atoms with Crippen LogP contribution in [0.25, 0.3) is 11.1 Å². The first-order valence-electron chi connectivity index (χ1n) is 6.18. The van der Waals surface area contributed by atoms with Crippen molar-refractivity contribution in [3.8, 4) is 11.1 Å². The molecule has 0 atom stereocenters. The van der Waals surface area contributed by atoms with E-state index < -0.39 is 0 Å². The molecule has 2 aromatic rings. The summed E-state index contributed by atoms with van der Waals surface area (Å²) in [4.78, 5) is 0. The van der Waals surface area contributed by atoms with E-state index in [4.69, 9.17) is 0 Å². The summed E-state index contributed by atoms with van der Waals surface area (Å²) in [7, 11) is 0. The van der Waals surface area contributed by atoms with Gasteiger partial charge in [0.1, 0.15) is 0 Å². The average molecular weight is 223 g/mol. The third-order valence-electron chi connectivity index (χ3n) is 3.66. The lowest BCUT2D eigenvalue weighted by molar-refractivity contribution is 1.11. The van der Waals surface area contributed by atoms with Crippen LogP contribution < -0.4 is 5.32 Å². The van der Waals surface area contributed by atoms with Crippen LogP contribution in [0.4, 0.5) is 5.69 Å². The van der Waals surface area contributed by atoms with Gasteiger partial charge in [0.2, 0.25) is 0 Å². The van der Waals surface area contributed by atoms with Gasteiger partial charge in [-0.3, -0.25) is 0 Å². The summed E-state index contributed by atoms with van der Waals surface area (Å²) in [6.45, 7) is 5.41. The van der Waals surface area contributed by atoms with E-state index in [9.17, 15) is 0 Å². The Labute approximate surface area is 102 Å². The highest BCUT2D eigenvalue weighted by molar-refractivity contribution is 5.70. The molecule has 1 nitrogen and oxygen atoms in total. The van der Waals surface area contributed by atoms with E-state index in [0.29, 0.717) is 0 Å². The Balaban J connectivity index is 2.06. The molecule has 0 spiro atoms. The van der Waals surface area contributed by atoms with Crippen LogP contribution in [0, 0.1) is 13.8 Å². The fourth-order valence-electron chi connectivity index (χ4n) is 2.41. The van der Waals surface area contributed by atoms with Gasteiger partial charge in [0.25, 0.3) is 0 Å². The third-order valence-corrected chi connectivity index (χ3v) is 3.66. The third kappa shape index (κ3) is 1.82. The zero-order valence-corrected chi connectivity index (χ0v) is 10.4. The largest absolute Gasteiger partial charge is 0.384 e. The first-order chi connectivity index (χ1) is 8.24. The molecule has 2 aromatic carbocycles. The monoisotopic (exact) mass is 223 g/mol. The number of rotatable bonds is 1. The molecule has 17 heavy (non-hydrogen) atoms. The summed E-state index contributed by atoms with van der Waals surface area (Å²) in [5.41, 5.74) is 8.12. The van der Waals surface area contributed by atoms with E-state index in [1.165, 1.54) is 33.5 Å². The van der Waals surface area contributed by atoms with E-state index in [2.05, 4.69) is 55.6 Å². The minimum atomic E-state index is 1.08. The Hall–Kier alpha value is -1.76. The number of hydrogen-bond acceptors (Lipinski definition) is 1. The molecule has 1 aliphatic rings. The van der Waals surface area contributed by atoms with Crippen LogP contribution in [-0.4, -0.2) is 6.54 Å². The Bertz CT molecular complexity index is 570. The Morgan fingerprint density at radius 1 is 0.882 bits per heavy atom. The van der Waals surface area contributed by atoms with Gasteiger partial charge in [-0.25, -0.2) is 0 Å². The van der Waals surface area contributed by atoms with Crippen molar-refractivity contribution in [2.45, 2.75) is 20.3 Å². The fraction of sp³-hybridized carbons (Fsp3) is 0.250. The quantitative estimate of drug-likeness (QED) is 0.772. The lowest BCUT2D eigenvalue weighted by Crippen LogP contribution is -1.90. The standard InChI is InChI=1S/C16H17N/c1-11-3-4-13(9-12(11)2)14-5-6-16-15(10-14)7-8-17-16/h3-6,9-10,17H,7-8H2,1-2H3. The summed E-state index contributed by atoms with van der Waals surface area (Å²) in [6.07, 6.45) is 1.15. The number of fused-ring (bicyclic) bond motifs is 1. The van der Waals surface area contributed by atoms with Gasteiger partial charge in [-0.2, -0.15) is 0 Å². The maximum absolute atomic E-state index is 3.40. The maximum atomic E-state index is 3.40. The molecule has 0 amide bonds. The second kappa shape index (κ2) is 3.92. The smallest absolute Gasteiger partial charge is 0.0373 e. The molecule has 0 saturated heterocycles. The first kappa shape index (κ1) is 10.4. The fourth-order valence-corrected chi connectivity index (χ4v) is 2.41. The second-order valence-corrected chi connectivity index (χ2v) is 4.85. The van der Waals surface area contributed by atoms with E-state index >= 15 is 0 Å². The highest BCUT2D eigenvalue weighted by Gasteiger charge is 2.10. The lowest BCUT2D eigenvalue weighted by Gasteiger charge is -2.07. The van der Waals surface area contributed by atoms with Gasteiger partial charge in [-0.15, -0.1) is 0 Å². The van der Waals surface area contributed by atoms with Gasteiger partial charge in [-0.05, 0) is 60.2 Å². The molecule has 0 aliphatic carbocycles. The Morgan fingerprint density at radius 2 is 1.65 bits per heavy atom. The van der Waals surface area contributed by atoms with Gasteiger partial charge in [0.15, 0.2) is 0 Å². The minimum absolute atomic E-state index is 1.08. The molecule has 0 saturated carbocycles. The second-order valence-electron chi connectivity index (χ2n) is 4.85. The molecule has 3 rings (SSSR count). The van der Waals surface area contributed by atoms with E-state index in [0.717, 1.165) is 13.0 Å². The lowest BCUT2D eigenvalue weighted by atomic mass is 9.98. The van der Waals surface area contributed by atoms with E-state index in [1.807, 2.05) is 0 Å². The summed E-state index contributed by atoms with van der Waals surface area (Å²) in [5, 5.41) is 3.40. The van der Waals surface area contributed by atoms with Crippen molar-refractivity contribution in [2.24, 2.45) is 0 Å². The van der Waals surface area contributed by atoms with Crippen LogP contribution in [0.5, 0.6) is 0 Å². The molecule has 0 fully saturated rings. The van der Waals surface area contributed by atoms with Gasteiger partial charge in [-0.1, -0.05) is 24.3 Å². The molecular formula is C16H17N. The number of anilines is 1. The maximum Gasteiger partial charge on any atom is 0.0373 e. The van der Waals surface area contributed by atoms with Crippen LogP contribution in [0.2, 0.25) is 0 Å². The van der Waals surface area contributed by atoms with Crippen LogP contribution in [0.3, 0.4) is 0 Å². The zero-order chi connectivity index (χ0) is 11.8. The SMILES string of the molecule is Cc1ccc(-c2ccc3c(c2)CCN3)cc1C. The van der Waals surface area contributed by atoms with Gasteiger partial charge in [0, 0.05) is 12.2 Å². The summed E-state index contributed by atoms with van der Waals surface area (Å²) in [5.74, 6) is 0. The van der Waals surface area contributed by atoms with Crippen LogP contribution >= 0.6 is 0 Å². The highest BCUT2D eigenvalue weighted by Crippen LogP contribution is 2.29. The van der Waals surface area contributed by atoms with Gasteiger partial charge >= 0.3 is 0 Å². The molecule has 0 radical (unpaired) electrons. The van der Waals surface area contributed by atoms with Gasteiger partial charge < -0.3 is 5.32 Å². The Kier molecular flexibility index (Phi) is 2.40. The van der Waals surface area contributed by atoms with Crippen LogP contribution in [-0.2, 0) is 6.42 Å².